The number of hydrogen-bond acceptors (Lipinski definition) is 3. The maximum atomic E-state index is 12.7. The molecule has 0 aliphatic rings. The first-order valence-corrected chi connectivity index (χ1v) is 5.77. The quantitative estimate of drug-likeness (QED) is 0.897. The zero-order chi connectivity index (χ0) is 15.6. The lowest BCUT2D eigenvalue weighted by Crippen LogP contribution is -2.39. The lowest BCUT2D eigenvalue weighted by molar-refractivity contribution is -0.138. The lowest BCUT2D eigenvalue weighted by Gasteiger charge is -2.20. The van der Waals surface area contributed by atoms with Gasteiger partial charge in [0.2, 0.25) is 0 Å². The summed E-state index contributed by atoms with van der Waals surface area (Å²) in [4.78, 5) is 11.7. The van der Waals surface area contributed by atoms with Gasteiger partial charge in [-0.2, -0.15) is 18.4 Å². The molecule has 1 rings (SSSR count). The number of halogens is 3. The highest BCUT2D eigenvalue weighted by atomic mass is 19.4. The van der Waals surface area contributed by atoms with Gasteiger partial charge in [0.25, 0.3) is 5.91 Å². The molecule has 0 bridgehead atoms. The van der Waals surface area contributed by atoms with Crippen LogP contribution in [0.1, 0.15) is 31.4 Å². The van der Waals surface area contributed by atoms with Gasteiger partial charge in [-0.1, -0.05) is 6.92 Å². The van der Waals surface area contributed by atoms with Gasteiger partial charge in [-0.3, -0.25) is 4.79 Å². The molecule has 4 nitrogen and oxygen atoms in total. The second-order valence-electron chi connectivity index (χ2n) is 4.45. The third-order valence-corrected chi connectivity index (χ3v) is 2.88. The number of alkyl halides is 3. The molecular formula is C13H13F3N2O2. The van der Waals surface area contributed by atoms with Crippen LogP contribution in [0.15, 0.2) is 18.2 Å². The van der Waals surface area contributed by atoms with Crippen LogP contribution in [0.2, 0.25) is 0 Å². The van der Waals surface area contributed by atoms with Gasteiger partial charge in [-0.05, 0) is 31.5 Å². The monoisotopic (exact) mass is 286 g/mol. The fraction of sp³-hybridized carbons (Fsp3) is 0.385. The van der Waals surface area contributed by atoms with Gasteiger partial charge >= 0.3 is 6.18 Å². The minimum absolute atomic E-state index is 0.112. The number of rotatable bonds is 3. The smallest absolute Gasteiger partial charge is 0.380 e. The third kappa shape index (κ3) is 3.48. The second-order valence-corrected chi connectivity index (χ2v) is 4.45. The van der Waals surface area contributed by atoms with Crippen molar-refractivity contribution in [1.29, 1.82) is 5.26 Å². The van der Waals surface area contributed by atoms with Crippen LogP contribution in [0.25, 0.3) is 0 Å². The Balaban J connectivity index is 3.12. The molecule has 1 atom stereocenters. The van der Waals surface area contributed by atoms with Crippen molar-refractivity contribution in [2.24, 2.45) is 0 Å². The van der Waals surface area contributed by atoms with Crippen LogP contribution in [0.4, 0.5) is 18.9 Å². The van der Waals surface area contributed by atoms with E-state index >= 15 is 0 Å². The van der Waals surface area contributed by atoms with Crippen LogP contribution in [0.3, 0.4) is 0 Å². The molecule has 0 aliphatic heterocycles. The number of hydrogen-bond donors (Lipinski definition) is 2. The second kappa shape index (κ2) is 5.51. The van der Waals surface area contributed by atoms with Crippen molar-refractivity contribution in [3.63, 3.8) is 0 Å². The van der Waals surface area contributed by atoms with E-state index in [9.17, 15) is 23.1 Å². The third-order valence-electron chi connectivity index (χ3n) is 2.88. The van der Waals surface area contributed by atoms with E-state index in [1.165, 1.54) is 19.1 Å². The molecule has 0 heterocycles. The first-order chi connectivity index (χ1) is 9.11. The molecule has 0 spiro atoms. The summed E-state index contributed by atoms with van der Waals surface area (Å²) in [6.45, 7) is 2.83. The fourth-order valence-electron chi connectivity index (χ4n) is 1.38. The number of amides is 1. The molecule has 0 aliphatic carbocycles. The van der Waals surface area contributed by atoms with Crippen LogP contribution < -0.4 is 5.32 Å². The van der Waals surface area contributed by atoms with E-state index in [0.717, 1.165) is 6.07 Å². The van der Waals surface area contributed by atoms with E-state index < -0.39 is 28.8 Å². The Bertz CT molecular complexity index is 560. The van der Waals surface area contributed by atoms with E-state index in [-0.39, 0.29) is 12.1 Å². The molecule has 1 aromatic rings. The van der Waals surface area contributed by atoms with Crippen molar-refractivity contribution in [1.82, 2.24) is 0 Å². The number of benzene rings is 1. The zero-order valence-electron chi connectivity index (χ0n) is 10.9. The van der Waals surface area contributed by atoms with Crippen molar-refractivity contribution < 1.29 is 23.1 Å². The van der Waals surface area contributed by atoms with Gasteiger partial charge < -0.3 is 10.4 Å². The van der Waals surface area contributed by atoms with Gasteiger partial charge in [-0.15, -0.1) is 0 Å². The van der Waals surface area contributed by atoms with Crippen LogP contribution in [0.5, 0.6) is 0 Å². The number of carbonyl (C=O) groups excluding carboxylic acids is 1. The predicted octanol–water partition coefficient (Wildman–Crippen LogP) is 2.68. The highest BCUT2D eigenvalue weighted by molar-refractivity contribution is 5.96. The van der Waals surface area contributed by atoms with E-state index in [4.69, 9.17) is 5.26 Å². The molecule has 2 N–H and O–H groups in total. The molecule has 1 amide bonds. The summed E-state index contributed by atoms with van der Waals surface area (Å²) in [7, 11) is 0. The van der Waals surface area contributed by atoms with Gasteiger partial charge in [0.15, 0.2) is 0 Å². The first-order valence-electron chi connectivity index (χ1n) is 5.77. The predicted molar refractivity (Wildman–Crippen MR) is 65.7 cm³/mol. The Morgan fingerprint density at radius 2 is 2.05 bits per heavy atom. The molecule has 0 unspecified atom stereocenters. The molecule has 20 heavy (non-hydrogen) atoms. The number of nitrogens with zero attached hydrogens (tertiary/aromatic N) is 1. The summed E-state index contributed by atoms with van der Waals surface area (Å²) in [5.41, 5.74) is -3.46. The Morgan fingerprint density at radius 3 is 2.50 bits per heavy atom. The number of carbonyl (C=O) groups is 1. The van der Waals surface area contributed by atoms with Gasteiger partial charge in [0, 0.05) is 5.69 Å². The lowest BCUT2D eigenvalue weighted by atomic mass is 10.0. The maximum absolute atomic E-state index is 12.7. The largest absolute Gasteiger partial charge is 0.417 e. The van der Waals surface area contributed by atoms with E-state index in [0.29, 0.717) is 6.07 Å². The molecule has 0 radical (unpaired) electrons. The summed E-state index contributed by atoms with van der Waals surface area (Å²) in [5, 5.41) is 20.5. The summed E-state index contributed by atoms with van der Waals surface area (Å²) in [6, 6.07) is 4.26. The molecule has 0 aromatic heterocycles. The Hall–Kier alpha value is -2.07. The summed E-state index contributed by atoms with van der Waals surface area (Å²) in [5.74, 6) is -0.808. The van der Waals surface area contributed by atoms with Gasteiger partial charge in [0.05, 0.1) is 17.2 Å². The van der Waals surface area contributed by atoms with Crippen LogP contribution in [0, 0.1) is 11.3 Å². The molecule has 0 saturated carbocycles. The maximum Gasteiger partial charge on any atom is 0.417 e. The SMILES string of the molecule is CC[C@@](C)(O)C(=O)Nc1ccc(C#N)c(C(F)(F)F)c1. The molecule has 0 saturated heterocycles. The number of aliphatic hydroxyl groups is 1. The number of nitriles is 1. The zero-order valence-corrected chi connectivity index (χ0v) is 10.9. The van der Waals surface area contributed by atoms with Gasteiger partial charge in [-0.25, -0.2) is 0 Å². The highest BCUT2D eigenvalue weighted by Gasteiger charge is 2.34. The van der Waals surface area contributed by atoms with Crippen LogP contribution >= 0.6 is 0 Å². The standard InChI is InChI=1S/C13H13F3N2O2/c1-3-12(2,20)11(19)18-9-5-4-8(7-17)10(6-9)13(14,15)16/h4-6,20H,3H2,1-2H3,(H,18,19)/t12-/m1/s1. The highest BCUT2D eigenvalue weighted by Crippen LogP contribution is 2.33. The molecular weight excluding hydrogens is 273 g/mol. The van der Waals surface area contributed by atoms with Crippen LogP contribution in [-0.2, 0) is 11.0 Å². The topological polar surface area (TPSA) is 73.1 Å². The van der Waals surface area contributed by atoms with Crippen molar-refractivity contribution in [3.8, 4) is 6.07 Å². The minimum Gasteiger partial charge on any atom is -0.380 e. The molecule has 7 heteroatoms. The number of nitrogens with one attached hydrogen (secondary N) is 1. The first kappa shape index (κ1) is 16.0. The number of anilines is 1. The van der Waals surface area contributed by atoms with Crippen molar-refractivity contribution >= 4 is 11.6 Å². The van der Waals surface area contributed by atoms with E-state index in [2.05, 4.69) is 5.32 Å². The average molecular weight is 286 g/mol. The van der Waals surface area contributed by atoms with Crippen LogP contribution in [-0.4, -0.2) is 16.6 Å². The Kier molecular flexibility index (Phi) is 4.40. The Morgan fingerprint density at radius 1 is 1.45 bits per heavy atom. The molecule has 0 fully saturated rings. The molecule has 1 aromatic carbocycles. The van der Waals surface area contributed by atoms with Gasteiger partial charge in [0.1, 0.15) is 5.60 Å². The van der Waals surface area contributed by atoms with Crippen molar-refractivity contribution in [2.75, 3.05) is 5.32 Å². The summed E-state index contributed by atoms with van der Waals surface area (Å²) < 4.78 is 38.2. The summed E-state index contributed by atoms with van der Waals surface area (Å²) in [6.07, 6.45) is -4.58. The fourth-order valence-corrected chi connectivity index (χ4v) is 1.38. The summed E-state index contributed by atoms with van der Waals surface area (Å²) >= 11 is 0. The van der Waals surface area contributed by atoms with Crippen molar-refractivity contribution in [2.45, 2.75) is 32.0 Å². The average Bonchev–Trinajstić information content (AvgIpc) is 2.37. The normalized spacial score (nSPS) is 14.2. The minimum atomic E-state index is -4.70. The van der Waals surface area contributed by atoms with E-state index in [1.807, 2.05) is 0 Å². The Labute approximate surface area is 113 Å². The van der Waals surface area contributed by atoms with E-state index in [1.54, 1.807) is 6.92 Å². The van der Waals surface area contributed by atoms with Crippen molar-refractivity contribution in [3.05, 3.63) is 29.3 Å². The molecule has 108 valence electrons.